The normalized spacial score (nSPS) is 11.2. The van der Waals surface area contributed by atoms with E-state index in [0.717, 1.165) is 0 Å². The SMILES string of the molecule is Cc1ccccc1S(=O)(=O)CC(N)=O. The molecule has 0 aromatic heterocycles. The molecule has 0 radical (unpaired) electrons. The molecule has 0 saturated heterocycles. The Morgan fingerprint density at radius 3 is 2.43 bits per heavy atom. The van der Waals surface area contributed by atoms with Crippen LogP contribution in [0.3, 0.4) is 0 Å². The average Bonchev–Trinajstić information content (AvgIpc) is 2.02. The number of carbonyl (C=O) groups excluding carboxylic acids is 1. The highest BCUT2D eigenvalue weighted by molar-refractivity contribution is 7.92. The summed E-state index contributed by atoms with van der Waals surface area (Å²) in [5.41, 5.74) is 5.47. The fourth-order valence-electron chi connectivity index (χ4n) is 1.17. The number of hydrogen-bond acceptors (Lipinski definition) is 3. The van der Waals surface area contributed by atoms with E-state index in [9.17, 15) is 13.2 Å². The first-order valence-corrected chi connectivity index (χ1v) is 5.65. The van der Waals surface area contributed by atoms with E-state index >= 15 is 0 Å². The number of rotatable bonds is 3. The second-order valence-electron chi connectivity index (χ2n) is 2.99. The molecule has 1 aromatic rings. The Balaban J connectivity index is 3.17. The molecule has 2 N–H and O–H groups in total. The van der Waals surface area contributed by atoms with Gasteiger partial charge in [-0.25, -0.2) is 8.42 Å². The Kier molecular flexibility index (Phi) is 2.90. The maximum Gasteiger partial charge on any atom is 0.233 e. The van der Waals surface area contributed by atoms with Crippen LogP contribution in [0.2, 0.25) is 0 Å². The third-order valence-electron chi connectivity index (χ3n) is 1.76. The van der Waals surface area contributed by atoms with Gasteiger partial charge in [0.25, 0.3) is 0 Å². The van der Waals surface area contributed by atoms with Crippen molar-refractivity contribution in [3.63, 3.8) is 0 Å². The number of hydrogen-bond donors (Lipinski definition) is 1. The van der Waals surface area contributed by atoms with Crippen LogP contribution in [-0.2, 0) is 14.6 Å². The Hall–Kier alpha value is -1.36. The lowest BCUT2D eigenvalue weighted by Gasteiger charge is -2.04. The zero-order valence-electron chi connectivity index (χ0n) is 7.73. The zero-order chi connectivity index (χ0) is 10.8. The van der Waals surface area contributed by atoms with Crippen LogP contribution in [-0.4, -0.2) is 20.1 Å². The Morgan fingerprint density at radius 1 is 1.36 bits per heavy atom. The predicted octanol–water partition coefficient (Wildman–Crippen LogP) is 0.254. The van der Waals surface area contributed by atoms with Crippen LogP contribution in [0, 0.1) is 6.92 Å². The molecule has 14 heavy (non-hydrogen) atoms. The lowest BCUT2D eigenvalue weighted by Crippen LogP contribution is -2.23. The molecule has 1 amide bonds. The maximum atomic E-state index is 11.6. The lowest BCUT2D eigenvalue weighted by atomic mass is 10.2. The van der Waals surface area contributed by atoms with Gasteiger partial charge in [-0.1, -0.05) is 18.2 Å². The van der Waals surface area contributed by atoms with E-state index in [4.69, 9.17) is 5.73 Å². The molecule has 0 atom stereocenters. The molecule has 5 heteroatoms. The summed E-state index contributed by atoms with van der Waals surface area (Å²) in [5.74, 6) is -1.48. The van der Waals surface area contributed by atoms with E-state index in [2.05, 4.69) is 0 Å². The standard InChI is InChI=1S/C9H11NO3S/c1-7-4-2-3-5-8(7)14(12,13)6-9(10)11/h2-5H,6H2,1H3,(H2,10,11). The van der Waals surface area contributed by atoms with Crippen molar-refractivity contribution < 1.29 is 13.2 Å². The molecule has 0 saturated carbocycles. The van der Waals surface area contributed by atoms with E-state index in [1.807, 2.05) is 0 Å². The van der Waals surface area contributed by atoms with E-state index in [1.165, 1.54) is 6.07 Å². The van der Waals surface area contributed by atoms with Gasteiger partial charge < -0.3 is 5.73 Å². The molecule has 0 heterocycles. The van der Waals surface area contributed by atoms with Crippen LogP contribution in [0.5, 0.6) is 0 Å². The number of primary amides is 1. The van der Waals surface area contributed by atoms with Crippen molar-refractivity contribution in [3.05, 3.63) is 29.8 Å². The van der Waals surface area contributed by atoms with Gasteiger partial charge in [-0.05, 0) is 18.6 Å². The molecule has 0 aliphatic rings. The molecule has 1 aromatic carbocycles. The largest absolute Gasteiger partial charge is 0.369 e. The van der Waals surface area contributed by atoms with Gasteiger partial charge in [-0.3, -0.25) is 4.79 Å². The molecular formula is C9H11NO3S. The van der Waals surface area contributed by atoms with Crippen molar-refractivity contribution >= 4 is 15.7 Å². The first kappa shape index (κ1) is 10.7. The van der Waals surface area contributed by atoms with E-state index < -0.39 is 21.5 Å². The summed E-state index contributed by atoms with van der Waals surface area (Å²) < 4.78 is 23.1. The second-order valence-corrected chi connectivity index (χ2v) is 4.95. The highest BCUT2D eigenvalue weighted by Crippen LogP contribution is 2.15. The highest BCUT2D eigenvalue weighted by Gasteiger charge is 2.18. The number of carbonyl (C=O) groups is 1. The summed E-state index contributed by atoms with van der Waals surface area (Å²) in [6, 6.07) is 6.49. The fraction of sp³-hybridized carbons (Fsp3) is 0.222. The van der Waals surface area contributed by atoms with Gasteiger partial charge >= 0.3 is 0 Å². The fourth-order valence-corrected chi connectivity index (χ4v) is 2.54. The predicted molar refractivity (Wildman–Crippen MR) is 52.4 cm³/mol. The monoisotopic (exact) mass is 213 g/mol. The van der Waals surface area contributed by atoms with Crippen molar-refractivity contribution in [2.75, 3.05) is 5.75 Å². The van der Waals surface area contributed by atoms with Gasteiger partial charge in [0.05, 0.1) is 4.90 Å². The van der Waals surface area contributed by atoms with Crippen LogP contribution in [0.15, 0.2) is 29.2 Å². The van der Waals surface area contributed by atoms with Gasteiger partial charge in [0, 0.05) is 0 Å². The van der Waals surface area contributed by atoms with Crippen LogP contribution >= 0.6 is 0 Å². The summed E-state index contributed by atoms with van der Waals surface area (Å²) in [6.45, 7) is 1.67. The van der Waals surface area contributed by atoms with Crippen molar-refractivity contribution in [3.8, 4) is 0 Å². The second kappa shape index (κ2) is 3.79. The average molecular weight is 213 g/mol. The molecule has 0 aliphatic heterocycles. The molecule has 4 nitrogen and oxygen atoms in total. The first-order chi connectivity index (χ1) is 6.43. The smallest absolute Gasteiger partial charge is 0.233 e. The molecule has 0 fully saturated rings. The van der Waals surface area contributed by atoms with Crippen LogP contribution in [0.1, 0.15) is 5.56 Å². The Labute approximate surface area is 82.7 Å². The van der Waals surface area contributed by atoms with Gasteiger partial charge in [0.15, 0.2) is 9.84 Å². The molecule has 76 valence electrons. The minimum absolute atomic E-state index is 0.166. The Bertz CT molecular complexity index is 451. The summed E-state index contributed by atoms with van der Waals surface area (Å²) in [5, 5.41) is 0. The van der Waals surface area contributed by atoms with Crippen LogP contribution in [0.4, 0.5) is 0 Å². The van der Waals surface area contributed by atoms with Crippen LogP contribution in [0.25, 0.3) is 0 Å². The third kappa shape index (κ3) is 2.32. The summed E-state index contributed by atoms with van der Waals surface area (Å²) in [6.07, 6.45) is 0. The van der Waals surface area contributed by atoms with Gasteiger partial charge in [0.2, 0.25) is 5.91 Å². The number of nitrogens with two attached hydrogens (primary N) is 1. The van der Waals surface area contributed by atoms with E-state index in [-0.39, 0.29) is 4.90 Å². The topological polar surface area (TPSA) is 77.2 Å². The summed E-state index contributed by atoms with van der Waals surface area (Å²) >= 11 is 0. The number of aryl methyl sites for hydroxylation is 1. The number of benzene rings is 1. The quantitative estimate of drug-likeness (QED) is 0.782. The Morgan fingerprint density at radius 2 is 1.93 bits per heavy atom. The third-order valence-corrected chi connectivity index (χ3v) is 3.55. The maximum absolute atomic E-state index is 11.6. The first-order valence-electron chi connectivity index (χ1n) is 4.00. The van der Waals surface area contributed by atoms with Gasteiger partial charge in [-0.2, -0.15) is 0 Å². The highest BCUT2D eigenvalue weighted by atomic mass is 32.2. The van der Waals surface area contributed by atoms with Crippen molar-refractivity contribution in [2.45, 2.75) is 11.8 Å². The minimum atomic E-state index is -3.56. The van der Waals surface area contributed by atoms with E-state index in [0.29, 0.717) is 5.56 Å². The zero-order valence-corrected chi connectivity index (χ0v) is 8.54. The van der Waals surface area contributed by atoms with Crippen molar-refractivity contribution in [1.29, 1.82) is 0 Å². The molecule has 0 spiro atoms. The van der Waals surface area contributed by atoms with Crippen molar-refractivity contribution in [2.24, 2.45) is 5.73 Å². The van der Waals surface area contributed by atoms with E-state index in [1.54, 1.807) is 25.1 Å². The lowest BCUT2D eigenvalue weighted by molar-refractivity contribution is -0.115. The van der Waals surface area contributed by atoms with Crippen molar-refractivity contribution in [1.82, 2.24) is 0 Å². The molecule has 0 bridgehead atoms. The molecule has 0 unspecified atom stereocenters. The summed E-state index contributed by atoms with van der Waals surface area (Å²) in [7, 11) is -3.56. The van der Waals surface area contributed by atoms with Gasteiger partial charge in [0.1, 0.15) is 5.75 Å². The molecule has 0 aliphatic carbocycles. The van der Waals surface area contributed by atoms with Gasteiger partial charge in [-0.15, -0.1) is 0 Å². The number of amides is 1. The summed E-state index contributed by atoms with van der Waals surface area (Å²) in [4.78, 5) is 10.7. The molecule has 1 rings (SSSR count). The number of sulfone groups is 1. The van der Waals surface area contributed by atoms with Crippen LogP contribution < -0.4 is 5.73 Å². The minimum Gasteiger partial charge on any atom is -0.369 e. The molecular weight excluding hydrogens is 202 g/mol.